The lowest BCUT2D eigenvalue weighted by atomic mass is 10.2. The zero-order valence-corrected chi connectivity index (χ0v) is 17.4. The van der Waals surface area contributed by atoms with E-state index in [1.165, 1.54) is 30.0 Å². The summed E-state index contributed by atoms with van der Waals surface area (Å²) in [5.74, 6) is 0.140. The number of carbonyl (C=O) groups excluding carboxylic acids is 1. The molecule has 0 aliphatic heterocycles. The number of halogens is 3. The molecular formula is C19H17Cl2FN4OS. The van der Waals surface area contributed by atoms with Gasteiger partial charge in [-0.15, -0.1) is 10.2 Å². The number of hydrogen-bond acceptors (Lipinski definition) is 4. The quantitative estimate of drug-likeness (QED) is 0.547. The first-order valence-electron chi connectivity index (χ1n) is 8.38. The van der Waals surface area contributed by atoms with Crippen molar-refractivity contribution in [2.75, 3.05) is 0 Å². The Morgan fingerprint density at radius 1 is 1.21 bits per heavy atom. The Morgan fingerprint density at radius 2 is 1.96 bits per heavy atom. The number of thioether (sulfide) groups is 1. The SMILES string of the molecule is C[C@H](NC(=O)c1ccccc1F)c1nnc(SCc2ccc(Cl)c(Cl)c2)n1C. The molecular weight excluding hydrogens is 422 g/mol. The number of benzene rings is 2. The highest BCUT2D eigenvalue weighted by Gasteiger charge is 2.20. The summed E-state index contributed by atoms with van der Waals surface area (Å²) in [7, 11) is 1.82. The smallest absolute Gasteiger partial charge is 0.254 e. The van der Waals surface area contributed by atoms with Gasteiger partial charge in [-0.3, -0.25) is 4.79 Å². The van der Waals surface area contributed by atoms with E-state index in [1.807, 2.05) is 19.2 Å². The van der Waals surface area contributed by atoms with Gasteiger partial charge in [-0.05, 0) is 36.8 Å². The Morgan fingerprint density at radius 3 is 2.68 bits per heavy atom. The zero-order chi connectivity index (χ0) is 20.3. The summed E-state index contributed by atoms with van der Waals surface area (Å²) in [4.78, 5) is 12.3. The van der Waals surface area contributed by atoms with Crippen LogP contribution in [0, 0.1) is 5.82 Å². The van der Waals surface area contributed by atoms with Crippen LogP contribution < -0.4 is 5.32 Å². The van der Waals surface area contributed by atoms with Crippen LogP contribution in [0.5, 0.6) is 0 Å². The van der Waals surface area contributed by atoms with E-state index in [2.05, 4.69) is 15.5 Å². The van der Waals surface area contributed by atoms with Crippen LogP contribution in [0.4, 0.5) is 4.39 Å². The molecule has 146 valence electrons. The average molecular weight is 439 g/mol. The Balaban J connectivity index is 1.67. The number of aromatic nitrogens is 3. The second-order valence-corrected chi connectivity index (χ2v) is 7.87. The predicted octanol–water partition coefficient (Wildman–Crippen LogP) is 5.04. The first-order valence-corrected chi connectivity index (χ1v) is 10.1. The molecule has 2 aromatic carbocycles. The molecule has 1 amide bonds. The van der Waals surface area contributed by atoms with Gasteiger partial charge < -0.3 is 9.88 Å². The third-order valence-corrected chi connectivity index (χ3v) is 5.90. The summed E-state index contributed by atoms with van der Waals surface area (Å²) in [5.41, 5.74) is 0.996. The summed E-state index contributed by atoms with van der Waals surface area (Å²) in [5, 5.41) is 12.8. The Labute approximate surface area is 176 Å². The molecule has 5 nitrogen and oxygen atoms in total. The summed E-state index contributed by atoms with van der Waals surface area (Å²) in [6.07, 6.45) is 0. The lowest BCUT2D eigenvalue weighted by Gasteiger charge is -2.14. The van der Waals surface area contributed by atoms with E-state index in [-0.39, 0.29) is 5.56 Å². The maximum absolute atomic E-state index is 13.8. The van der Waals surface area contributed by atoms with Gasteiger partial charge in [-0.25, -0.2) is 4.39 Å². The molecule has 3 rings (SSSR count). The van der Waals surface area contributed by atoms with Crippen molar-refractivity contribution in [3.63, 3.8) is 0 Å². The molecule has 0 saturated heterocycles. The van der Waals surface area contributed by atoms with Gasteiger partial charge in [0.25, 0.3) is 5.91 Å². The van der Waals surface area contributed by atoms with E-state index in [0.717, 1.165) is 5.56 Å². The summed E-state index contributed by atoms with van der Waals surface area (Å²) >= 11 is 13.5. The van der Waals surface area contributed by atoms with E-state index in [0.29, 0.717) is 26.8 Å². The van der Waals surface area contributed by atoms with Crippen LogP contribution in [0.2, 0.25) is 10.0 Å². The van der Waals surface area contributed by atoms with Gasteiger partial charge in [0, 0.05) is 12.8 Å². The highest BCUT2D eigenvalue weighted by atomic mass is 35.5. The zero-order valence-electron chi connectivity index (χ0n) is 15.1. The molecule has 1 heterocycles. The molecule has 0 bridgehead atoms. The van der Waals surface area contributed by atoms with Gasteiger partial charge in [0.2, 0.25) is 0 Å². The van der Waals surface area contributed by atoms with Gasteiger partial charge in [0.15, 0.2) is 11.0 Å². The maximum Gasteiger partial charge on any atom is 0.254 e. The number of carbonyl (C=O) groups is 1. The molecule has 0 fully saturated rings. The topological polar surface area (TPSA) is 59.8 Å². The lowest BCUT2D eigenvalue weighted by Crippen LogP contribution is -2.29. The Hall–Kier alpha value is -2.09. The van der Waals surface area contributed by atoms with Crippen LogP contribution >= 0.6 is 35.0 Å². The van der Waals surface area contributed by atoms with Crippen LogP contribution in [-0.2, 0) is 12.8 Å². The molecule has 0 unspecified atom stereocenters. The largest absolute Gasteiger partial charge is 0.342 e. The third kappa shape index (κ3) is 4.66. The molecule has 0 radical (unpaired) electrons. The van der Waals surface area contributed by atoms with Crippen molar-refractivity contribution in [2.45, 2.75) is 23.9 Å². The van der Waals surface area contributed by atoms with Crippen molar-refractivity contribution in [2.24, 2.45) is 7.05 Å². The first-order chi connectivity index (χ1) is 13.4. The molecule has 1 N–H and O–H groups in total. The average Bonchev–Trinajstić information content (AvgIpc) is 3.03. The van der Waals surface area contributed by atoms with Gasteiger partial charge in [-0.1, -0.05) is 53.2 Å². The molecule has 0 spiro atoms. The minimum atomic E-state index is -0.567. The van der Waals surface area contributed by atoms with Crippen LogP contribution in [0.3, 0.4) is 0 Å². The van der Waals surface area contributed by atoms with Crippen molar-refractivity contribution in [1.29, 1.82) is 0 Å². The van der Waals surface area contributed by atoms with Crippen molar-refractivity contribution in [1.82, 2.24) is 20.1 Å². The van der Waals surface area contributed by atoms with Gasteiger partial charge >= 0.3 is 0 Å². The minimum absolute atomic E-state index is 0.00858. The predicted molar refractivity (Wildman–Crippen MR) is 109 cm³/mol. The van der Waals surface area contributed by atoms with E-state index < -0.39 is 17.8 Å². The first kappa shape index (κ1) is 20.6. The summed E-state index contributed by atoms with van der Waals surface area (Å²) in [6.45, 7) is 1.77. The van der Waals surface area contributed by atoms with Crippen LogP contribution in [0.25, 0.3) is 0 Å². The van der Waals surface area contributed by atoms with Crippen LogP contribution in [0.1, 0.15) is 34.7 Å². The molecule has 0 saturated carbocycles. The van der Waals surface area contributed by atoms with Crippen molar-refractivity contribution >= 4 is 40.9 Å². The number of rotatable bonds is 6. The number of amides is 1. The van der Waals surface area contributed by atoms with Crippen LogP contribution in [0.15, 0.2) is 47.6 Å². The fourth-order valence-corrected chi connectivity index (χ4v) is 3.77. The highest BCUT2D eigenvalue weighted by Crippen LogP contribution is 2.27. The van der Waals surface area contributed by atoms with Gasteiger partial charge in [-0.2, -0.15) is 0 Å². The van der Waals surface area contributed by atoms with Crippen molar-refractivity contribution in [3.8, 4) is 0 Å². The second kappa shape index (κ2) is 8.94. The van der Waals surface area contributed by atoms with E-state index in [9.17, 15) is 9.18 Å². The van der Waals surface area contributed by atoms with Crippen LogP contribution in [-0.4, -0.2) is 20.7 Å². The maximum atomic E-state index is 13.8. The van der Waals surface area contributed by atoms with Gasteiger partial charge in [0.1, 0.15) is 5.82 Å². The van der Waals surface area contributed by atoms with E-state index in [1.54, 1.807) is 23.6 Å². The summed E-state index contributed by atoms with van der Waals surface area (Å²) < 4.78 is 15.6. The lowest BCUT2D eigenvalue weighted by molar-refractivity contribution is 0.0933. The molecule has 3 aromatic rings. The van der Waals surface area contributed by atoms with Crippen molar-refractivity contribution < 1.29 is 9.18 Å². The molecule has 0 aliphatic carbocycles. The third-order valence-electron chi connectivity index (χ3n) is 4.07. The normalized spacial score (nSPS) is 12.0. The molecule has 9 heteroatoms. The molecule has 28 heavy (non-hydrogen) atoms. The van der Waals surface area contributed by atoms with Gasteiger partial charge in [0.05, 0.1) is 21.7 Å². The molecule has 1 aromatic heterocycles. The monoisotopic (exact) mass is 438 g/mol. The summed E-state index contributed by atoms with van der Waals surface area (Å²) in [6, 6.07) is 10.9. The number of nitrogens with one attached hydrogen (secondary N) is 1. The second-order valence-electron chi connectivity index (χ2n) is 6.11. The van der Waals surface area contributed by atoms with Crippen molar-refractivity contribution in [3.05, 3.63) is 75.3 Å². The number of nitrogens with zero attached hydrogens (tertiary/aromatic N) is 3. The number of hydrogen-bond donors (Lipinski definition) is 1. The van der Waals surface area contributed by atoms with E-state index >= 15 is 0 Å². The van der Waals surface area contributed by atoms with E-state index in [4.69, 9.17) is 23.2 Å². The Bertz CT molecular complexity index is 1010. The Kier molecular flexibility index (Phi) is 6.59. The highest BCUT2D eigenvalue weighted by molar-refractivity contribution is 7.98. The standard InChI is InChI=1S/C19H17Cl2FN4OS/c1-11(23-18(27)13-5-3-4-6-16(13)22)17-24-25-19(26(17)2)28-10-12-7-8-14(20)15(21)9-12/h3-9,11H,10H2,1-2H3,(H,23,27)/t11-/m0/s1. The fourth-order valence-electron chi connectivity index (χ4n) is 2.59. The fraction of sp³-hybridized carbons (Fsp3) is 0.211. The molecule has 1 atom stereocenters. The minimum Gasteiger partial charge on any atom is -0.342 e. The molecule has 0 aliphatic rings.